The van der Waals surface area contributed by atoms with E-state index in [0.717, 1.165) is 22.3 Å². The van der Waals surface area contributed by atoms with Gasteiger partial charge in [-0.1, -0.05) is 62.6 Å². The van der Waals surface area contributed by atoms with Crippen molar-refractivity contribution < 1.29 is 0 Å². The normalized spacial score (nSPS) is 11.9. The summed E-state index contributed by atoms with van der Waals surface area (Å²) in [6.45, 7) is 19.8. The molecule has 0 bridgehead atoms. The van der Waals surface area contributed by atoms with Crippen molar-refractivity contribution in [2.75, 3.05) is 0 Å². The molecule has 0 aliphatic heterocycles. The first kappa shape index (κ1) is 17.8. The molecule has 0 atom stereocenters. The van der Waals surface area contributed by atoms with E-state index in [2.05, 4.69) is 45.7 Å². The quantitative estimate of drug-likeness (QED) is 0.525. The predicted octanol–water partition coefficient (Wildman–Crippen LogP) is 5.78. The van der Waals surface area contributed by atoms with Crippen LogP contribution in [0.15, 0.2) is 71.9 Å². The molecule has 0 amide bonds. The first-order valence-corrected chi connectivity index (χ1v) is 5.41. The largest absolute Gasteiger partial charge is 0.0988 e. The van der Waals surface area contributed by atoms with Crippen molar-refractivity contribution in [2.24, 2.45) is 0 Å². The van der Waals surface area contributed by atoms with E-state index in [1.165, 1.54) is 5.57 Å². The second-order valence-corrected chi connectivity index (χ2v) is 4.11. The Kier molecular flexibility index (Phi) is 8.99. The van der Waals surface area contributed by atoms with Crippen LogP contribution in [0.5, 0.6) is 0 Å². The van der Waals surface area contributed by atoms with E-state index in [9.17, 15) is 0 Å². The van der Waals surface area contributed by atoms with Crippen LogP contribution in [-0.2, 0) is 0 Å². The second kappa shape index (κ2) is 8.58. The van der Waals surface area contributed by atoms with Crippen LogP contribution in [0, 0.1) is 0 Å². The summed E-state index contributed by atoms with van der Waals surface area (Å²) < 4.78 is 0. The highest BCUT2D eigenvalue weighted by Crippen LogP contribution is 2.23. The average Bonchev–Trinajstić information content (AvgIpc) is 2.22. The maximum atomic E-state index is 4.01. The highest BCUT2D eigenvalue weighted by Gasteiger charge is 2.04. The molecular formula is C17H26. The van der Waals surface area contributed by atoms with Gasteiger partial charge in [0.1, 0.15) is 0 Å². The van der Waals surface area contributed by atoms with Gasteiger partial charge in [0.2, 0.25) is 0 Å². The van der Waals surface area contributed by atoms with Gasteiger partial charge in [-0.15, -0.1) is 0 Å². The van der Waals surface area contributed by atoms with E-state index >= 15 is 0 Å². The van der Waals surface area contributed by atoms with Crippen LogP contribution in [0.3, 0.4) is 0 Å². The number of rotatable bonds is 5. The van der Waals surface area contributed by atoms with Gasteiger partial charge in [-0.25, -0.2) is 0 Å². The molecule has 0 fully saturated rings. The van der Waals surface area contributed by atoms with Crippen LogP contribution in [0.4, 0.5) is 0 Å². The van der Waals surface area contributed by atoms with Gasteiger partial charge in [0.25, 0.3) is 0 Å². The minimum Gasteiger partial charge on any atom is -0.0988 e. The number of hydrogen-bond acceptors (Lipinski definition) is 0. The van der Waals surface area contributed by atoms with Crippen molar-refractivity contribution >= 4 is 0 Å². The van der Waals surface area contributed by atoms with Crippen LogP contribution in [0.1, 0.15) is 35.1 Å². The summed E-state index contributed by atoms with van der Waals surface area (Å²) in [6.07, 6.45) is 7.87. The lowest BCUT2D eigenvalue weighted by molar-refractivity contribution is 1.32. The third-order valence-corrected chi connectivity index (χ3v) is 2.27. The van der Waals surface area contributed by atoms with Gasteiger partial charge in [0.05, 0.1) is 0 Å². The second-order valence-electron chi connectivity index (χ2n) is 4.11. The average molecular weight is 230 g/mol. The number of hydrogen-bond donors (Lipinski definition) is 0. The topological polar surface area (TPSA) is 0 Å². The molecule has 0 saturated carbocycles. The van der Waals surface area contributed by atoms with Gasteiger partial charge in [-0.05, 0) is 44.4 Å². The van der Waals surface area contributed by atoms with Gasteiger partial charge < -0.3 is 0 Å². The Bertz CT molecular complexity index is 380. The summed E-state index contributed by atoms with van der Waals surface area (Å²) >= 11 is 0. The Morgan fingerprint density at radius 1 is 0.882 bits per heavy atom. The smallest absolute Gasteiger partial charge is 0.0158 e. The lowest BCUT2D eigenvalue weighted by atomic mass is 9.95. The van der Waals surface area contributed by atoms with Crippen LogP contribution < -0.4 is 0 Å². The molecule has 0 saturated heterocycles. The van der Waals surface area contributed by atoms with E-state index in [0.29, 0.717) is 0 Å². The number of allylic oxidation sites excluding steroid dienone is 9. The van der Waals surface area contributed by atoms with Crippen molar-refractivity contribution in [1.29, 1.82) is 0 Å². The van der Waals surface area contributed by atoms with Crippen LogP contribution in [0.25, 0.3) is 0 Å². The molecule has 0 radical (unpaired) electrons. The summed E-state index contributed by atoms with van der Waals surface area (Å²) in [5.41, 5.74) is 5.63. The van der Waals surface area contributed by atoms with Crippen molar-refractivity contribution in [3.63, 3.8) is 0 Å². The lowest BCUT2D eigenvalue weighted by Gasteiger charge is -2.10. The van der Waals surface area contributed by atoms with Crippen LogP contribution >= 0.6 is 0 Å². The maximum Gasteiger partial charge on any atom is -0.0158 e. The predicted molar refractivity (Wildman–Crippen MR) is 82.2 cm³/mol. The van der Waals surface area contributed by atoms with E-state index in [4.69, 9.17) is 0 Å². The minimum absolute atomic E-state index is 0. The molecule has 0 aliphatic rings. The Balaban J connectivity index is 0. The van der Waals surface area contributed by atoms with Gasteiger partial charge in [0, 0.05) is 0 Å². The highest BCUT2D eigenvalue weighted by atomic mass is 14.1. The molecule has 0 aromatic heterocycles. The first-order chi connectivity index (χ1) is 7.43. The molecule has 0 heteroatoms. The molecule has 0 aliphatic carbocycles. The molecule has 0 rings (SSSR count). The highest BCUT2D eigenvalue weighted by molar-refractivity contribution is 5.54. The Labute approximate surface area is 107 Å². The molecule has 0 unspecified atom stereocenters. The van der Waals surface area contributed by atoms with Gasteiger partial charge in [-0.3, -0.25) is 0 Å². The molecule has 0 N–H and O–H groups in total. The third kappa shape index (κ3) is 5.91. The summed E-state index contributed by atoms with van der Waals surface area (Å²) in [7, 11) is 0. The molecule has 94 valence electrons. The van der Waals surface area contributed by atoms with Crippen molar-refractivity contribution in [1.82, 2.24) is 0 Å². The monoisotopic (exact) mass is 230 g/mol. The molecule has 0 spiro atoms. The van der Waals surface area contributed by atoms with Gasteiger partial charge in [0.15, 0.2) is 0 Å². The fourth-order valence-corrected chi connectivity index (χ4v) is 1.31. The Morgan fingerprint density at radius 2 is 1.41 bits per heavy atom. The molecular weight excluding hydrogens is 204 g/mol. The molecule has 0 heterocycles. The fourth-order valence-electron chi connectivity index (χ4n) is 1.31. The van der Waals surface area contributed by atoms with Crippen molar-refractivity contribution in [3.05, 3.63) is 71.9 Å². The van der Waals surface area contributed by atoms with Gasteiger partial charge in [-0.2, -0.15) is 0 Å². The van der Waals surface area contributed by atoms with E-state index < -0.39 is 0 Å². The Hall–Kier alpha value is -1.56. The van der Waals surface area contributed by atoms with Gasteiger partial charge >= 0.3 is 0 Å². The fraction of sp³-hybridized carbons (Fsp3) is 0.294. The van der Waals surface area contributed by atoms with Crippen LogP contribution in [0.2, 0.25) is 0 Å². The third-order valence-electron chi connectivity index (χ3n) is 2.27. The van der Waals surface area contributed by atoms with E-state index in [-0.39, 0.29) is 7.43 Å². The summed E-state index contributed by atoms with van der Waals surface area (Å²) in [5, 5.41) is 0. The minimum atomic E-state index is 0. The zero-order valence-electron chi connectivity index (χ0n) is 10.9. The van der Waals surface area contributed by atoms with Crippen molar-refractivity contribution in [2.45, 2.75) is 35.1 Å². The molecule has 0 nitrogen and oxygen atoms in total. The zero-order chi connectivity index (χ0) is 12.7. The summed E-state index contributed by atoms with van der Waals surface area (Å²) in [4.78, 5) is 0. The standard InChI is InChI=1S/C16H22.CH4/c1-8-14(7)15(9-2)16(13(5)6)11-10-12(3)4;/h8-11H,1-2,5H2,3-4,6-7H3;1H4/b15-14+,16-11+;. The van der Waals surface area contributed by atoms with E-state index in [1.807, 2.05) is 26.0 Å². The maximum absolute atomic E-state index is 4.01. The molecule has 0 aromatic carbocycles. The summed E-state index contributed by atoms with van der Waals surface area (Å²) in [6, 6.07) is 0. The van der Waals surface area contributed by atoms with Crippen LogP contribution in [-0.4, -0.2) is 0 Å². The summed E-state index contributed by atoms with van der Waals surface area (Å²) in [5.74, 6) is 0. The molecule has 17 heavy (non-hydrogen) atoms. The first-order valence-electron chi connectivity index (χ1n) is 5.41. The zero-order valence-corrected chi connectivity index (χ0v) is 10.9. The van der Waals surface area contributed by atoms with Crippen molar-refractivity contribution in [3.8, 4) is 0 Å². The van der Waals surface area contributed by atoms with E-state index in [1.54, 1.807) is 0 Å². The Morgan fingerprint density at radius 3 is 1.71 bits per heavy atom. The SMILES string of the molecule is C.C=C/C(C)=C(C=C)/C(=C/C=C(C)C)C(=C)C. The lowest BCUT2D eigenvalue weighted by Crippen LogP contribution is -1.91. The molecule has 0 aromatic rings.